The summed E-state index contributed by atoms with van der Waals surface area (Å²) in [6, 6.07) is 10.5. The summed E-state index contributed by atoms with van der Waals surface area (Å²) < 4.78 is 21.6. The molecule has 4 rings (SSSR count). The van der Waals surface area contributed by atoms with Gasteiger partial charge in [-0.25, -0.2) is 0 Å². The first-order valence-electron chi connectivity index (χ1n) is 6.91. The van der Waals surface area contributed by atoms with Crippen molar-refractivity contribution in [1.29, 1.82) is 0 Å². The van der Waals surface area contributed by atoms with E-state index in [1.165, 1.54) is 0 Å². The van der Waals surface area contributed by atoms with E-state index in [1.807, 2.05) is 0 Å². The fraction of sp³-hybridized carbons (Fsp3) is 0.188. The van der Waals surface area contributed by atoms with Gasteiger partial charge >= 0.3 is 0 Å². The lowest BCUT2D eigenvalue weighted by molar-refractivity contribution is 0.102. The molecule has 0 saturated heterocycles. The van der Waals surface area contributed by atoms with Crippen molar-refractivity contribution in [2.45, 2.75) is 0 Å². The fourth-order valence-electron chi connectivity index (χ4n) is 2.43. The maximum absolute atomic E-state index is 12.4. The summed E-state index contributed by atoms with van der Waals surface area (Å²) in [7, 11) is 0. The Morgan fingerprint density at radius 3 is 2.68 bits per heavy atom. The molecule has 0 atom stereocenters. The number of hydrogen-bond acceptors (Lipinski definition) is 5. The summed E-state index contributed by atoms with van der Waals surface area (Å²) in [4.78, 5) is 12.4. The second-order valence-electron chi connectivity index (χ2n) is 4.85. The summed E-state index contributed by atoms with van der Waals surface area (Å²) in [6.07, 6.45) is 0. The lowest BCUT2D eigenvalue weighted by Gasteiger charge is -2.19. The summed E-state index contributed by atoms with van der Waals surface area (Å²) >= 11 is 0. The summed E-state index contributed by atoms with van der Waals surface area (Å²) in [5.41, 5.74) is 1.07. The third-order valence-electron chi connectivity index (χ3n) is 3.44. The SMILES string of the molecule is O=C(Nc1ccc2c(c1)OCCO2)c1cccc2c1OCO2. The van der Waals surface area contributed by atoms with Gasteiger partial charge in [-0.3, -0.25) is 4.79 Å². The van der Waals surface area contributed by atoms with Crippen molar-refractivity contribution in [1.82, 2.24) is 0 Å². The number of nitrogens with one attached hydrogen (secondary N) is 1. The van der Waals surface area contributed by atoms with E-state index in [2.05, 4.69) is 5.32 Å². The Bertz CT molecular complexity index is 743. The Kier molecular flexibility index (Phi) is 3.00. The van der Waals surface area contributed by atoms with Gasteiger partial charge in [0.15, 0.2) is 23.0 Å². The molecular formula is C16H13NO5. The Morgan fingerprint density at radius 2 is 1.77 bits per heavy atom. The molecule has 2 aliphatic rings. The van der Waals surface area contributed by atoms with Crippen LogP contribution in [0, 0.1) is 0 Å². The molecule has 6 heteroatoms. The van der Waals surface area contributed by atoms with E-state index in [9.17, 15) is 4.79 Å². The van der Waals surface area contributed by atoms with Crippen molar-refractivity contribution in [2.24, 2.45) is 0 Å². The van der Waals surface area contributed by atoms with E-state index in [4.69, 9.17) is 18.9 Å². The fourth-order valence-corrected chi connectivity index (χ4v) is 2.43. The van der Waals surface area contributed by atoms with Gasteiger partial charge in [0.2, 0.25) is 6.79 Å². The van der Waals surface area contributed by atoms with Crippen molar-refractivity contribution in [3.63, 3.8) is 0 Å². The van der Waals surface area contributed by atoms with Gasteiger partial charge in [0.1, 0.15) is 13.2 Å². The van der Waals surface area contributed by atoms with Crippen LogP contribution in [0.4, 0.5) is 5.69 Å². The van der Waals surface area contributed by atoms with E-state index < -0.39 is 0 Å². The maximum atomic E-state index is 12.4. The number of amides is 1. The highest BCUT2D eigenvalue weighted by molar-refractivity contribution is 6.07. The number of hydrogen-bond donors (Lipinski definition) is 1. The molecule has 22 heavy (non-hydrogen) atoms. The average Bonchev–Trinajstić information content (AvgIpc) is 3.03. The first-order valence-corrected chi connectivity index (χ1v) is 6.91. The molecule has 2 aromatic carbocycles. The van der Waals surface area contributed by atoms with Crippen LogP contribution in [0.2, 0.25) is 0 Å². The molecule has 2 aromatic rings. The number of carbonyl (C=O) groups excluding carboxylic acids is 1. The van der Waals surface area contributed by atoms with Gasteiger partial charge in [0.25, 0.3) is 5.91 Å². The molecule has 1 amide bonds. The quantitative estimate of drug-likeness (QED) is 0.922. The van der Waals surface area contributed by atoms with Crippen molar-refractivity contribution < 1.29 is 23.7 Å². The molecule has 0 fully saturated rings. The third kappa shape index (κ3) is 2.18. The molecule has 0 radical (unpaired) electrons. The van der Waals surface area contributed by atoms with Crippen molar-refractivity contribution in [3.05, 3.63) is 42.0 Å². The third-order valence-corrected chi connectivity index (χ3v) is 3.44. The Morgan fingerprint density at radius 1 is 0.909 bits per heavy atom. The minimum Gasteiger partial charge on any atom is -0.486 e. The maximum Gasteiger partial charge on any atom is 0.259 e. The summed E-state index contributed by atoms with van der Waals surface area (Å²) in [6.45, 7) is 1.16. The molecule has 0 bridgehead atoms. The van der Waals surface area contributed by atoms with Crippen molar-refractivity contribution >= 4 is 11.6 Å². The highest BCUT2D eigenvalue weighted by atomic mass is 16.7. The van der Waals surface area contributed by atoms with Gasteiger partial charge < -0.3 is 24.3 Å². The largest absolute Gasteiger partial charge is 0.486 e. The molecule has 0 aliphatic carbocycles. The van der Waals surface area contributed by atoms with Gasteiger partial charge in [0.05, 0.1) is 5.56 Å². The monoisotopic (exact) mass is 299 g/mol. The van der Waals surface area contributed by atoms with E-state index in [0.717, 1.165) is 0 Å². The number of para-hydroxylation sites is 1. The number of benzene rings is 2. The van der Waals surface area contributed by atoms with Crippen LogP contribution in [0.25, 0.3) is 0 Å². The summed E-state index contributed by atoms with van der Waals surface area (Å²) in [5.74, 6) is 2.09. The zero-order valence-electron chi connectivity index (χ0n) is 11.6. The van der Waals surface area contributed by atoms with Gasteiger partial charge in [-0.15, -0.1) is 0 Å². The van der Waals surface area contributed by atoms with Crippen LogP contribution in [0.15, 0.2) is 36.4 Å². The van der Waals surface area contributed by atoms with Gasteiger partial charge in [-0.2, -0.15) is 0 Å². The van der Waals surface area contributed by atoms with Gasteiger partial charge in [0, 0.05) is 11.8 Å². The molecule has 6 nitrogen and oxygen atoms in total. The Balaban J connectivity index is 1.59. The predicted molar refractivity (Wildman–Crippen MR) is 78.0 cm³/mol. The number of anilines is 1. The second-order valence-corrected chi connectivity index (χ2v) is 4.85. The first-order chi connectivity index (χ1) is 10.8. The minimum atomic E-state index is -0.265. The number of ether oxygens (including phenoxy) is 4. The molecule has 2 aliphatic heterocycles. The molecule has 2 heterocycles. The van der Waals surface area contributed by atoms with E-state index in [0.29, 0.717) is 47.5 Å². The van der Waals surface area contributed by atoms with Gasteiger partial charge in [-0.05, 0) is 24.3 Å². The second kappa shape index (κ2) is 5.14. The topological polar surface area (TPSA) is 66.0 Å². The minimum absolute atomic E-state index is 0.129. The lowest BCUT2D eigenvalue weighted by Crippen LogP contribution is -2.16. The van der Waals surface area contributed by atoms with Crippen LogP contribution >= 0.6 is 0 Å². The Labute approximate surface area is 126 Å². The number of fused-ring (bicyclic) bond motifs is 2. The molecular weight excluding hydrogens is 286 g/mol. The smallest absolute Gasteiger partial charge is 0.259 e. The standard InChI is InChI=1S/C16H13NO5/c18-16(11-2-1-3-13-15(11)22-9-21-13)17-10-4-5-12-14(8-10)20-7-6-19-12/h1-5,8H,6-7,9H2,(H,17,18). The van der Waals surface area contributed by atoms with E-state index in [-0.39, 0.29) is 12.7 Å². The molecule has 112 valence electrons. The Hall–Kier alpha value is -2.89. The highest BCUT2D eigenvalue weighted by Gasteiger charge is 2.22. The van der Waals surface area contributed by atoms with Gasteiger partial charge in [-0.1, -0.05) is 6.07 Å². The molecule has 0 unspecified atom stereocenters. The van der Waals surface area contributed by atoms with Crippen molar-refractivity contribution in [2.75, 3.05) is 25.3 Å². The van der Waals surface area contributed by atoms with Crippen LogP contribution in [-0.4, -0.2) is 25.9 Å². The van der Waals surface area contributed by atoms with E-state index >= 15 is 0 Å². The van der Waals surface area contributed by atoms with Crippen LogP contribution < -0.4 is 24.3 Å². The molecule has 1 N–H and O–H groups in total. The normalized spacial score (nSPS) is 14.5. The number of rotatable bonds is 2. The van der Waals surface area contributed by atoms with Crippen LogP contribution in [0.1, 0.15) is 10.4 Å². The summed E-state index contributed by atoms with van der Waals surface area (Å²) in [5, 5.41) is 2.83. The molecule has 0 saturated carbocycles. The average molecular weight is 299 g/mol. The van der Waals surface area contributed by atoms with Crippen LogP contribution in [-0.2, 0) is 0 Å². The van der Waals surface area contributed by atoms with Crippen LogP contribution in [0.3, 0.4) is 0 Å². The lowest BCUT2D eigenvalue weighted by atomic mass is 10.1. The number of carbonyl (C=O) groups is 1. The highest BCUT2D eigenvalue weighted by Crippen LogP contribution is 2.36. The first kappa shape index (κ1) is 12.8. The predicted octanol–water partition coefficient (Wildman–Crippen LogP) is 2.44. The molecule has 0 aromatic heterocycles. The zero-order chi connectivity index (χ0) is 14.9. The van der Waals surface area contributed by atoms with Crippen LogP contribution in [0.5, 0.6) is 23.0 Å². The molecule has 0 spiro atoms. The van der Waals surface area contributed by atoms with Crippen molar-refractivity contribution in [3.8, 4) is 23.0 Å². The van der Waals surface area contributed by atoms with E-state index in [1.54, 1.807) is 36.4 Å². The zero-order valence-corrected chi connectivity index (χ0v) is 11.6.